The summed E-state index contributed by atoms with van der Waals surface area (Å²) < 4.78 is 4.90. The first-order chi connectivity index (χ1) is 9.14. The first kappa shape index (κ1) is 18.7. The predicted octanol–water partition coefficient (Wildman–Crippen LogP) is 4.15. The van der Waals surface area contributed by atoms with E-state index in [4.69, 9.17) is 4.43 Å². The molecule has 0 aliphatic rings. The minimum atomic E-state index is 0.000822. The van der Waals surface area contributed by atoms with E-state index in [0.29, 0.717) is 22.3 Å². The lowest BCUT2D eigenvalue weighted by molar-refractivity contribution is -0.134. The summed E-state index contributed by atoms with van der Waals surface area (Å²) in [6, 6.07) is 0. The number of hydrogen-bond acceptors (Lipinski definition) is 2. The van der Waals surface area contributed by atoms with Crippen molar-refractivity contribution < 1.29 is 9.22 Å². The average Bonchev–Trinajstić information content (AvgIpc) is 2.46. The van der Waals surface area contributed by atoms with Gasteiger partial charge in [-0.1, -0.05) is 72.1 Å². The van der Waals surface area contributed by atoms with Crippen LogP contribution in [0.25, 0.3) is 0 Å². The molecule has 0 spiro atoms. The zero-order chi connectivity index (χ0) is 14.6. The van der Waals surface area contributed by atoms with E-state index in [1.807, 2.05) is 0 Å². The molecule has 0 rings (SSSR count). The molecule has 0 aromatic carbocycles. The average molecular weight is 287 g/mol. The monoisotopic (exact) mass is 286 g/mol. The molecule has 0 N–H and O–H groups in total. The third-order valence-electron chi connectivity index (χ3n) is 4.65. The molecule has 0 aliphatic carbocycles. The molecule has 0 heterocycles. The van der Waals surface area contributed by atoms with Gasteiger partial charge in [0.1, 0.15) is 0 Å². The Morgan fingerprint density at radius 2 is 1.53 bits per heavy atom. The minimum absolute atomic E-state index is 0.000822. The molecule has 0 aliphatic heterocycles. The van der Waals surface area contributed by atoms with Gasteiger partial charge < -0.3 is 4.43 Å². The molecule has 114 valence electrons. The fourth-order valence-corrected chi connectivity index (χ4v) is 3.04. The van der Waals surface area contributed by atoms with Crippen LogP contribution in [0.15, 0.2) is 0 Å². The second-order valence-electron chi connectivity index (χ2n) is 5.80. The second-order valence-corrected chi connectivity index (χ2v) is 6.21. The molecule has 2 nitrogen and oxygen atoms in total. The van der Waals surface area contributed by atoms with Crippen molar-refractivity contribution >= 4 is 16.5 Å². The number of unbranched alkanes of at least 4 members (excludes halogenated alkanes) is 5. The van der Waals surface area contributed by atoms with Gasteiger partial charge in [-0.15, -0.1) is 0 Å². The lowest BCUT2D eigenvalue weighted by Crippen LogP contribution is -2.21. The van der Waals surface area contributed by atoms with Crippen LogP contribution in [0.4, 0.5) is 0 Å². The molecular formula is C16H34O2Si. The maximum Gasteiger partial charge on any atom is 0.291 e. The van der Waals surface area contributed by atoms with Crippen molar-refractivity contribution in [3.63, 3.8) is 0 Å². The van der Waals surface area contributed by atoms with Crippen molar-refractivity contribution in [2.45, 2.75) is 91.4 Å². The topological polar surface area (TPSA) is 26.3 Å². The summed E-state index contributed by atoms with van der Waals surface area (Å²) in [5.74, 6) is 0.000822. The van der Waals surface area contributed by atoms with Crippen molar-refractivity contribution in [1.29, 1.82) is 0 Å². The van der Waals surface area contributed by atoms with Gasteiger partial charge in [-0.2, -0.15) is 0 Å². The highest BCUT2D eigenvalue weighted by atomic mass is 28.2. The Labute approximate surface area is 123 Å². The summed E-state index contributed by atoms with van der Waals surface area (Å²) in [5.41, 5.74) is 0.375. The van der Waals surface area contributed by atoms with Crippen molar-refractivity contribution in [2.75, 3.05) is 0 Å². The fraction of sp³-hybridized carbons (Fsp3) is 0.938. The molecule has 0 saturated heterocycles. The highest BCUT2D eigenvalue weighted by molar-refractivity contribution is 6.05. The van der Waals surface area contributed by atoms with Gasteiger partial charge in [-0.05, 0) is 18.3 Å². The van der Waals surface area contributed by atoms with Crippen LogP contribution in [0.5, 0.6) is 0 Å². The maximum absolute atomic E-state index is 11.4. The van der Waals surface area contributed by atoms with Crippen molar-refractivity contribution in [1.82, 2.24) is 0 Å². The molecule has 0 bridgehead atoms. The van der Waals surface area contributed by atoms with Crippen LogP contribution in [0.2, 0.25) is 0 Å². The Morgan fingerprint density at radius 3 is 2.05 bits per heavy atom. The standard InChI is InChI=1S/C16H34O2Si/c1-4-7-8-9-10-11-13-16(5-2,6-3)14-12-15(17)18-19/h4-14H2,1-3,19H3. The van der Waals surface area contributed by atoms with E-state index >= 15 is 0 Å². The van der Waals surface area contributed by atoms with Gasteiger partial charge in [0.2, 0.25) is 10.5 Å². The number of carbonyl (C=O) groups is 1. The molecule has 0 saturated carbocycles. The molecule has 0 radical (unpaired) electrons. The zero-order valence-corrected chi connectivity index (χ0v) is 15.6. The Kier molecular flexibility index (Phi) is 11.3. The zero-order valence-electron chi connectivity index (χ0n) is 13.6. The van der Waals surface area contributed by atoms with E-state index in [0.717, 1.165) is 6.42 Å². The van der Waals surface area contributed by atoms with Crippen LogP contribution >= 0.6 is 0 Å². The Hall–Kier alpha value is -0.313. The molecule has 19 heavy (non-hydrogen) atoms. The van der Waals surface area contributed by atoms with Crippen LogP contribution in [0, 0.1) is 5.41 Å². The second kappa shape index (κ2) is 11.5. The van der Waals surface area contributed by atoms with Crippen LogP contribution in [0.1, 0.15) is 91.4 Å². The summed E-state index contributed by atoms with van der Waals surface area (Å²) in [4.78, 5) is 11.4. The molecule has 0 aromatic rings. The molecule has 0 unspecified atom stereocenters. The smallest absolute Gasteiger partial charge is 0.291 e. The third kappa shape index (κ3) is 8.46. The fourth-order valence-electron chi connectivity index (χ4n) is 2.83. The lowest BCUT2D eigenvalue weighted by Gasteiger charge is -2.31. The van der Waals surface area contributed by atoms with Crippen molar-refractivity contribution in [3.05, 3.63) is 0 Å². The highest BCUT2D eigenvalue weighted by Crippen LogP contribution is 2.37. The van der Waals surface area contributed by atoms with Gasteiger partial charge in [0.15, 0.2) is 0 Å². The van der Waals surface area contributed by atoms with Gasteiger partial charge in [-0.25, -0.2) is 0 Å². The summed E-state index contributed by atoms with van der Waals surface area (Å²) >= 11 is 0. The molecule has 0 aromatic heterocycles. The summed E-state index contributed by atoms with van der Waals surface area (Å²) in [6.45, 7) is 6.80. The van der Waals surface area contributed by atoms with Gasteiger partial charge in [0, 0.05) is 6.42 Å². The SMILES string of the molecule is CCCCCCCCC(CC)(CC)CCC(=O)O[SiH3]. The van der Waals surface area contributed by atoms with E-state index in [-0.39, 0.29) is 5.97 Å². The van der Waals surface area contributed by atoms with E-state index in [2.05, 4.69) is 20.8 Å². The van der Waals surface area contributed by atoms with E-state index in [1.165, 1.54) is 57.8 Å². The quantitative estimate of drug-likeness (QED) is 0.398. The first-order valence-electron chi connectivity index (χ1n) is 8.21. The normalized spacial score (nSPS) is 11.7. The van der Waals surface area contributed by atoms with Gasteiger partial charge in [0.25, 0.3) is 5.97 Å². The van der Waals surface area contributed by atoms with Crippen LogP contribution < -0.4 is 0 Å². The van der Waals surface area contributed by atoms with Crippen molar-refractivity contribution in [3.8, 4) is 0 Å². The molecule has 3 heteroatoms. The van der Waals surface area contributed by atoms with E-state index < -0.39 is 0 Å². The van der Waals surface area contributed by atoms with Gasteiger partial charge >= 0.3 is 0 Å². The predicted molar refractivity (Wildman–Crippen MR) is 86.3 cm³/mol. The van der Waals surface area contributed by atoms with Crippen LogP contribution in [0.3, 0.4) is 0 Å². The van der Waals surface area contributed by atoms with E-state index in [9.17, 15) is 4.79 Å². The minimum Gasteiger partial charge on any atom is -0.529 e. The summed E-state index contributed by atoms with van der Waals surface area (Å²) in [7, 11) is 0.531. The summed E-state index contributed by atoms with van der Waals surface area (Å²) in [6.07, 6.45) is 13.4. The molecule has 0 amide bonds. The lowest BCUT2D eigenvalue weighted by atomic mass is 9.74. The Bertz CT molecular complexity index is 225. The van der Waals surface area contributed by atoms with Crippen LogP contribution in [-0.2, 0) is 9.22 Å². The van der Waals surface area contributed by atoms with Crippen LogP contribution in [-0.4, -0.2) is 16.5 Å². The third-order valence-corrected chi connectivity index (χ3v) is 5.10. The summed E-state index contributed by atoms with van der Waals surface area (Å²) in [5, 5.41) is 0. The maximum atomic E-state index is 11.4. The van der Waals surface area contributed by atoms with Gasteiger partial charge in [0.05, 0.1) is 0 Å². The molecule has 0 fully saturated rings. The Morgan fingerprint density at radius 1 is 0.947 bits per heavy atom. The molecule has 0 atom stereocenters. The molecular weight excluding hydrogens is 252 g/mol. The first-order valence-corrected chi connectivity index (χ1v) is 9.02. The largest absolute Gasteiger partial charge is 0.529 e. The number of hydrogen-bond donors (Lipinski definition) is 0. The number of rotatable bonds is 12. The highest BCUT2D eigenvalue weighted by Gasteiger charge is 2.26. The Balaban J connectivity index is 3.97. The van der Waals surface area contributed by atoms with E-state index in [1.54, 1.807) is 0 Å². The van der Waals surface area contributed by atoms with Gasteiger partial charge in [-0.3, -0.25) is 4.79 Å². The van der Waals surface area contributed by atoms with Crippen molar-refractivity contribution in [2.24, 2.45) is 5.41 Å². The number of carbonyl (C=O) groups excluding carboxylic acids is 1.